The van der Waals surface area contributed by atoms with Gasteiger partial charge in [-0.25, -0.2) is 0 Å². The van der Waals surface area contributed by atoms with Crippen LogP contribution in [0.15, 0.2) is 0 Å². The van der Waals surface area contributed by atoms with Gasteiger partial charge in [0.05, 0.1) is 0 Å². The summed E-state index contributed by atoms with van der Waals surface area (Å²) in [5, 5.41) is 10.0. The molecule has 1 aliphatic heterocycles. The molecular formula is C7H12O2S. The number of carboxylic acids is 1. The van der Waals surface area contributed by atoms with Crippen LogP contribution in [0.4, 0.5) is 0 Å². The molecule has 0 aromatic rings. The van der Waals surface area contributed by atoms with E-state index in [-0.39, 0.29) is 6.42 Å². The van der Waals surface area contributed by atoms with Gasteiger partial charge in [-0.05, 0) is 23.7 Å². The van der Waals surface area contributed by atoms with Crippen LogP contribution in [0.3, 0.4) is 0 Å². The Morgan fingerprint density at radius 3 is 2.50 bits per heavy atom. The third kappa shape index (κ3) is 2.60. The summed E-state index contributed by atoms with van der Waals surface area (Å²) < 4.78 is 0. The Labute approximate surface area is 64.0 Å². The lowest BCUT2D eigenvalue weighted by atomic mass is 10.4. The summed E-state index contributed by atoms with van der Waals surface area (Å²) in [5.74, 6) is 2.49. The molecule has 3 heteroatoms. The van der Waals surface area contributed by atoms with Crippen LogP contribution in [0.5, 0.6) is 0 Å². The average Bonchev–Trinajstić information content (AvgIpc) is 2.34. The topological polar surface area (TPSA) is 40.1 Å². The van der Waals surface area contributed by atoms with Crippen molar-refractivity contribution >= 4 is 16.9 Å². The fourth-order valence-corrected chi connectivity index (χ4v) is 3.44. The van der Waals surface area contributed by atoms with E-state index < -0.39 is 5.97 Å². The van der Waals surface area contributed by atoms with Gasteiger partial charge < -0.3 is 9.90 Å². The summed E-state index contributed by atoms with van der Waals surface area (Å²) in [6.45, 7) is 0. The molecule has 0 unspecified atom stereocenters. The first kappa shape index (κ1) is 7.92. The Bertz CT molecular complexity index is 119. The standard InChI is InChI=1S/C7H12O2S/c8-7(9)3-6-10-4-1-2-5-10/h1-6H2. The van der Waals surface area contributed by atoms with Crippen LogP contribution in [-0.4, -0.2) is 23.2 Å². The molecule has 0 aromatic heterocycles. The van der Waals surface area contributed by atoms with Gasteiger partial charge in [-0.3, -0.25) is 0 Å². The zero-order chi connectivity index (χ0) is 7.40. The Kier molecular flexibility index (Phi) is 3.06. The molecule has 1 saturated heterocycles. The molecule has 10 heavy (non-hydrogen) atoms. The van der Waals surface area contributed by atoms with Crippen LogP contribution in [0.1, 0.15) is 19.3 Å². The monoisotopic (exact) mass is 160 g/mol. The first-order chi connectivity index (χ1) is 4.79. The highest BCUT2D eigenvalue weighted by atomic mass is 32.2. The number of hydrogen-bond acceptors (Lipinski definition) is 2. The molecular weight excluding hydrogens is 148 g/mol. The Hall–Kier alpha value is -0.180. The number of carboxylic acid groups (broad SMARTS) is 1. The number of rotatable bonds is 3. The van der Waals surface area contributed by atoms with Crippen molar-refractivity contribution in [1.29, 1.82) is 0 Å². The summed E-state index contributed by atoms with van der Waals surface area (Å²) in [6, 6.07) is 0. The van der Waals surface area contributed by atoms with Crippen LogP contribution in [0.25, 0.3) is 0 Å². The van der Waals surface area contributed by atoms with Crippen LogP contribution in [-0.2, 0) is 15.7 Å². The number of carbonyl (C=O) groups is 1. The van der Waals surface area contributed by atoms with Gasteiger partial charge in [-0.15, -0.1) is 0 Å². The highest BCUT2D eigenvalue weighted by Crippen LogP contribution is 2.13. The molecule has 1 rings (SSSR count). The largest absolute Gasteiger partial charge is 0.550 e. The normalized spacial score (nSPS) is 19.6. The van der Waals surface area contributed by atoms with Gasteiger partial charge in [-0.1, -0.05) is 0 Å². The molecule has 0 radical (unpaired) electrons. The minimum atomic E-state index is -0.889. The molecule has 1 heterocycles. The fourth-order valence-electron chi connectivity index (χ4n) is 1.15. The Morgan fingerprint density at radius 2 is 2.00 bits per heavy atom. The zero-order valence-electron chi connectivity index (χ0n) is 5.97. The summed E-state index contributed by atoms with van der Waals surface area (Å²) in [5.41, 5.74) is 0. The number of carbonyl (C=O) groups excluding carboxylic acids is 1. The van der Waals surface area contributed by atoms with Gasteiger partial charge in [0.1, 0.15) is 17.3 Å². The second-order valence-electron chi connectivity index (χ2n) is 2.55. The SMILES string of the molecule is O=C([O-])CC[S+]1CCCC1. The van der Waals surface area contributed by atoms with E-state index in [1.165, 1.54) is 24.3 Å². The third-order valence-electron chi connectivity index (χ3n) is 1.71. The molecule has 1 aliphatic rings. The van der Waals surface area contributed by atoms with E-state index in [0.29, 0.717) is 10.9 Å². The smallest absolute Gasteiger partial charge is 0.113 e. The van der Waals surface area contributed by atoms with Crippen molar-refractivity contribution < 1.29 is 9.90 Å². The molecule has 2 nitrogen and oxygen atoms in total. The zero-order valence-corrected chi connectivity index (χ0v) is 6.78. The van der Waals surface area contributed by atoms with Gasteiger partial charge in [0.15, 0.2) is 0 Å². The van der Waals surface area contributed by atoms with E-state index in [9.17, 15) is 9.90 Å². The van der Waals surface area contributed by atoms with E-state index in [4.69, 9.17) is 0 Å². The minimum Gasteiger partial charge on any atom is -0.550 e. The van der Waals surface area contributed by atoms with Crippen molar-refractivity contribution in [3.8, 4) is 0 Å². The Morgan fingerprint density at radius 1 is 1.40 bits per heavy atom. The molecule has 0 saturated carbocycles. The van der Waals surface area contributed by atoms with Crippen LogP contribution in [0.2, 0.25) is 0 Å². The lowest BCUT2D eigenvalue weighted by Gasteiger charge is -2.00. The highest BCUT2D eigenvalue weighted by Gasteiger charge is 2.22. The lowest BCUT2D eigenvalue weighted by molar-refractivity contribution is -0.305. The summed E-state index contributed by atoms with van der Waals surface area (Å²) >= 11 is 0. The van der Waals surface area contributed by atoms with E-state index in [1.54, 1.807) is 0 Å². The Balaban J connectivity index is 2.07. The molecule has 0 aromatic carbocycles. The van der Waals surface area contributed by atoms with Crippen molar-refractivity contribution in [1.82, 2.24) is 0 Å². The maximum atomic E-state index is 10.0. The third-order valence-corrected chi connectivity index (χ3v) is 4.22. The first-order valence-electron chi connectivity index (χ1n) is 3.63. The summed E-state index contributed by atoms with van der Waals surface area (Å²) in [7, 11) is 0.431. The molecule has 0 spiro atoms. The fraction of sp³-hybridized carbons (Fsp3) is 0.857. The lowest BCUT2D eigenvalue weighted by Crippen LogP contribution is -2.25. The predicted octanol–water partition coefficient (Wildman–Crippen LogP) is -0.462. The van der Waals surface area contributed by atoms with Crippen molar-refractivity contribution in [2.45, 2.75) is 19.3 Å². The summed E-state index contributed by atoms with van der Waals surface area (Å²) in [4.78, 5) is 10.0. The average molecular weight is 160 g/mol. The maximum Gasteiger partial charge on any atom is 0.113 e. The van der Waals surface area contributed by atoms with Crippen molar-refractivity contribution in [2.75, 3.05) is 17.3 Å². The van der Waals surface area contributed by atoms with Crippen LogP contribution >= 0.6 is 0 Å². The van der Waals surface area contributed by atoms with Crippen LogP contribution in [0, 0.1) is 0 Å². The highest BCUT2D eigenvalue weighted by molar-refractivity contribution is 7.97. The van der Waals surface area contributed by atoms with E-state index in [0.717, 1.165) is 5.75 Å². The molecule has 0 atom stereocenters. The summed E-state index contributed by atoms with van der Waals surface area (Å²) in [6.07, 6.45) is 2.87. The molecule has 0 N–H and O–H groups in total. The minimum absolute atomic E-state index is 0.267. The van der Waals surface area contributed by atoms with Crippen molar-refractivity contribution in [3.05, 3.63) is 0 Å². The van der Waals surface area contributed by atoms with Crippen LogP contribution < -0.4 is 5.11 Å². The second-order valence-corrected chi connectivity index (χ2v) is 5.00. The molecule has 0 aliphatic carbocycles. The van der Waals surface area contributed by atoms with Gasteiger partial charge in [-0.2, -0.15) is 0 Å². The number of hydrogen-bond donors (Lipinski definition) is 0. The second kappa shape index (κ2) is 3.86. The molecule has 1 fully saturated rings. The maximum absolute atomic E-state index is 10.0. The van der Waals surface area contributed by atoms with Gasteiger partial charge >= 0.3 is 0 Å². The molecule has 0 bridgehead atoms. The van der Waals surface area contributed by atoms with Gasteiger partial charge in [0.2, 0.25) is 0 Å². The molecule has 58 valence electrons. The first-order valence-corrected chi connectivity index (χ1v) is 5.36. The quantitative estimate of drug-likeness (QED) is 0.524. The van der Waals surface area contributed by atoms with Gasteiger partial charge in [0.25, 0.3) is 0 Å². The van der Waals surface area contributed by atoms with E-state index >= 15 is 0 Å². The number of aliphatic carboxylic acids is 1. The van der Waals surface area contributed by atoms with Crippen molar-refractivity contribution in [2.24, 2.45) is 0 Å². The van der Waals surface area contributed by atoms with E-state index in [1.807, 2.05) is 0 Å². The van der Waals surface area contributed by atoms with Crippen molar-refractivity contribution in [3.63, 3.8) is 0 Å². The van der Waals surface area contributed by atoms with Gasteiger partial charge in [0, 0.05) is 12.4 Å². The molecule has 0 amide bonds. The predicted molar refractivity (Wildman–Crippen MR) is 40.8 cm³/mol. The van der Waals surface area contributed by atoms with E-state index in [2.05, 4.69) is 0 Å².